The van der Waals surface area contributed by atoms with Crippen molar-refractivity contribution in [2.45, 2.75) is 13.8 Å². The Hall–Kier alpha value is -0.535. The van der Waals surface area contributed by atoms with Crippen LogP contribution in [-0.4, -0.2) is 18.7 Å². The van der Waals surface area contributed by atoms with Gasteiger partial charge in [0.25, 0.3) is 0 Å². The van der Waals surface area contributed by atoms with Gasteiger partial charge < -0.3 is 9.68 Å². The van der Waals surface area contributed by atoms with Crippen molar-refractivity contribution < 1.29 is 9.68 Å². The van der Waals surface area contributed by atoms with Crippen molar-refractivity contribution in [3.05, 3.63) is 23.2 Å². The fourth-order valence-electron chi connectivity index (χ4n) is 1.08. The summed E-state index contributed by atoms with van der Waals surface area (Å²) in [5.41, 5.74) is 2.00. The number of hydrogen-bond acceptors (Lipinski definition) is 2. The fraction of sp³-hybridized carbons (Fsp3) is 0.429. The van der Waals surface area contributed by atoms with Crippen molar-refractivity contribution in [2.75, 3.05) is 6.61 Å². The molecular weight excluding hydrogens is 127 g/mol. The highest BCUT2D eigenvalue weighted by molar-refractivity contribution is 6.55. The first-order chi connectivity index (χ1) is 4.79. The largest absolute Gasteiger partial charge is 0.491 e. The molecule has 0 saturated carbocycles. The maximum absolute atomic E-state index is 9.16. The second kappa shape index (κ2) is 3.04. The van der Waals surface area contributed by atoms with Crippen LogP contribution < -0.4 is 0 Å². The van der Waals surface area contributed by atoms with Crippen LogP contribution in [0.1, 0.15) is 13.8 Å². The molecule has 0 atom stereocenters. The van der Waals surface area contributed by atoms with E-state index in [2.05, 4.69) is 0 Å². The SMILES string of the molecule is C/C=C1/B(O)OC/C1=C/C. The Labute approximate surface area is 61.3 Å². The fourth-order valence-corrected chi connectivity index (χ4v) is 1.08. The zero-order chi connectivity index (χ0) is 7.56. The Morgan fingerprint density at radius 1 is 1.50 bits per heavy atom. The molecule has 10 heavy (non-hydrogen) atoms. The van der Waals surface area contributed by atoms with Crippen LogP contribution >= 0.6 is 0 Å². The third-order valence-corrected chi connectivity index (χ3v) is 1.69. The Morgan fingerprint density at radius 2 is 2.20 bits per heavy atom. The van der Waals surface area contributed by atoms with Crippen molar-refractivity contribution in [3.8, 4) is 0 Å². The molecule has 1 fully saturated rings. The summed E-state index contributed by atoms with van der Waals surface area (Å²) in [5, 5.41) is 9.16. The molecule has 3 heteroatoms. The first kappa shape index (κ1) is 7.57. The highest BCUT2D eigenvalue weighted by Crippen LogP contribution is 2.20. The first-order valence-corrected chi connectivity index (χ1v) is 3.41. The van der Waals surface area contributed by atoms with Crippen molar-refractivity contribution in [1.29, 1.82) is 0 Å². The van der Waals surface area contributed by atoms with Crippen LogP contribution in [0.4, 0.5) is 0 Å². The van der Waals surface area contributed by atoms with Gasteiger partial charge in [0, 0.05) is 0 Å². The zero-order valence-corrected chi connectivity index (χ0v) is 6.29. The molecule has 54 valence electrons. The summed E-state index contributed by atoms with van der Waals surface area (Å²) in [6.07, 6.45) is 3.85. The van der Waals surface area contributed by atoms with Crippen LogP contribution in [0.5, 0.6) is 0 Å². The van der Waals surface area contributed by atoms with E-state index < -0.39 is 7.12 Å². The van der Waals surface area contributed by atoms with E-state index in [0.29, 0.717) is 6.61 Å². The summed E-state index contributed by atoms with van der Waals surface area (Å²) < 4.78 is 4.98. The second-order valence-electron chi connectivity index (χ2n) is 2.22. The van der Waals surface area contributed by atoms with Gasteiger partial charge in [-0.15, -0.1) is 0 Å². The van der Waals surface area contributed by atoms with E-state index in [9.17, 15) is 0 Å². The summed E-state index contributed by atoms with van der Waals surface area (Å²) in [7, 11) is -0.698. The highest BCUT2D eigenvalue weighted by Gasteiger charge is 2.28. The lowest BCUT2D eigenvalue weighted by atomic mass is 9.77. The molecule has 1 saturated heterocycles. The smallest absolute Gasteiger partial charge is 0.423 e. The molecule has 0 amide bonds. The van der Waals surface area contributed by atoms with Gasteiger partial charge in [-0.2, -0.15) is 0 Å². The molecular formula is C7H11BO2. The summed E-state index contributed by atoms with van der Waals surface area (Å²) in [6.45, 7) is 4.38. The van der Waals surface area contributed by atoms with Gasteiger partial charge >= 0.3 is 7.12 Å². The lowest BCUT2D eigenvalue weighted by Gasteiger charge is -1.94. The molecule has 2 nitrogen and oxygen atoms in total. The maximum Gasteiger partial charge on any atom is 0.491 e. The third-order valence-electron chi connectivity index (χ3n) is 1.69. The van der Waals surface area contributed by atoms with Crippen LogP contribution in [0.15, 0.2) is 23.2 Å². The summed E-state index contributed by atoms with van der Waals surface area (Å²) in [4.78, 5) is 0. The Balaban J connectivity index is 2.84. The topological polar surface area (TPSA) is 29.5 Å². The molecule has 0 aromatic carbocycles. The third kappa shape index (κ3) is 1.15. The van der Waals surface area contributed by atoms with Gasteiger partial charge in [-0.3, -0.25) is 0 Å². The van der Waals surface area contributed by atoms with E-state index in [1.807, 2.05) is 26.0 Å². The van der Waals surface area contributed by atoms with Crippen molar-refractivity contribution in [2.24, 2.45) is 0 Å². The minimum atomic E-state index is -0.698. The average molecular weight is 138 g/mol. The summed E-state index contributed by atoms with van der Waals surface area (Å²) >= 11 is 0. The lowest BCUT2D eigenvalue weighted by Crippen LogP contribution is -2.11. The normalized spacial score (nSPS) is 26.9. The first-order valence-electron chi connectivity index (χ1n) is 3.41. The Morgan fingerprint density at radius 3 is 2.60 bits per heavy atom. The summed E-state index contributed by atoms with van der Waals surface area (Å²) in [6, 6.07) is 0. The van der Waals surface area contributed by atoms with Gasteiger partial charge in [0.2, 0.25) is 0 Å². The monoisotopic (exact) mass is 138 g/mol. The number of hydrogen-bond donors (Lipinski definition) is 1. The maximum atomic E-state index is 9.16. The quantitative estimate of drug-likeness (QED) is 0.504. The zero-order valence-electron chi connectivity index (χ0n) is 6.29. The molecule has 0 aliphatic carbocycles. The van der Waals surface area contributed by atoms with Crippen molar-refractivity contribution in [1.82, 2.24) is 0 Å². The molecule has 0 aromatic heterocycles. The van der Waals surface area contributed by atoms with Gasteiger partial charge in [-0.1, -0.05) is 12.2 Å². The van der Waals surface area contributed by atoms with Crippen LogP contribution in [0.25, 0.3) is 0 Å². The average Bonchev–Trinajstić information content (AvgIpc) is 2.30. The molecule has 0 spiro atoms. The van der Waals surface area contributed by atoms with E-state index in [0.717, 1.165) is 11.0 Å². The van der Waals surface area contributed by atoms with E-state index in [4.69, 9.17) is 9.68 Å². The molecule has 0 radical (unpaired) electrons. The minimum absolute atomic E-state index is 0.539. The molecule has 1 rings (SSSR count). The highest BCUT2D eigenvalue weighted by atomic mass is 16.5. The van der Waals surface area contributed by atoms with E-state index in [1.165, 1.54) is 0 Å². The lowest BCUT2D eigenvalue weighted by molar-refractivity contribution is 0.316. The minimum Gasteiger partial charge on any atom is -0.423 e. The van der Waals surface area contributed by atoms with Gasteiger partial charge in [0.1, 0.15) is 0 Å². The van der Waals surface area contributed by atoms with Crippen LogP contribution in [0.2, 0.25) is 0 Å². The van der Waals surface area contributed by atoms with Gasteiger partial charge in [0.05, 0.1) is 6.61 Å². The predicted molar refractivity (Wildman–Crippen MR) is 41.4 cm³/mol. The molecule has 0 bridgehead atoms. The molecule has 1 N–H and O–H groups in total. The van der Waals surface area contributed by atoms with Crippen LogP contribution in [0, 0.1) is 0 Å². The van der Waals surface area contributed by atoms with Crippen molar-refractivity contribution >= 4 is 7.12 Å². The Bertz CT molecular complexity index is 184. The molecule has 1 aliphatic rings. The predicted octanol–water partition coefficient (Wildman–Crippen LogP) is 0.929. The van der Waals surface area contributed by atoms with Crippen molar-refractivity contribution in [3.63, 3.8) is 0 Å². The molecule has 1 heterocycles. The van der Waals surface area contributed by atoms with Crippen LogP contribution in [0.3, 0.4) is 0 Å². The van der Waals surface area contributed by atoms with Gasteiger partial charge in [0.15, 0.2) is 0 Å². The van der Waals surface area contributed by atoms with E-state index in [1.54, 1.807) is 0 Å². The van der Waals surface area contributed by atoms with Gasteiger partial charge in [-0.25, -0.2) is 0 Å². The Kier molecular flexibility index (Phi) is 2.30. The van der Waals surface area contributed by atoms with Crippen LogP contribution in [-0.2, 0) is 4.65 Å². The standard InChI is InChI=1S/C7H11BO2/c1-3-6-5-10-8(9)7(6)4-2/h3-4,9H,5H2,1-2H3/b6-3-,7-4+. The number of rotatable bonds is 0. The molecule has 0 aromatic rings. The number of allylic oxidation sites excluding steroid dienone is 2. The van der Waals surface area contributed by atoms with Gasteiger partial charge in [-0.05, 0) is 24.9 Å². The van der Waals surface area contributed by atoms with E-state index >= 15 is 0 Å². The molecule has 0 unspecified atom stereocenters. The van der Waals surface area contributed by atoms with E-state index in [-0.39, 0.29) is 0 Å². The molecule has 1 aliphatic heterocycles. The summed E-state index contributed by atoms with van der Waals surface area (Å²) in [5.74, 6) is 0. The second-order valence-corrected chi connectivity index (χ2v) is 2.22.